The Balaban J connectivity index is 1.59. The minimum absolute atomic E-state index is 0.0412. The highest BCUT2D eigenvalue weighted by Gasteiger charge is 2.40. The van der Waals surface area contributed by atoms with Crippen LogP contribution in [0.3, 0.4) is 0 Å². The molecular weight excluding hydrogens is 332 g/mol. The third kappa shape index (κ3) is 3.91. The molecule has 2 aliphatic rings. The number of ether oxygens (including phenoxy) is 2. The van der Waals surface area contributed by atoms with Crippen LogP contribution in [0.2, 0.25) is 0 Å². The number of anilines is 1. The summed E-state index contributed by atoms with van der Waals surface area (Å²) in [5.41, 5.74) is 3.00. The van der Waals surface area contributed by atoms with Crippen molar-refractivity contribution in [2.45, 2.75) is 45.8 Å². The third-order valence-corrected chi connectivity index (χ3v) is 5.33. The van der Waals surface area contributed by atoms with Gasteiger partial charge in [-0.25, -0.2) is 0 Å². The highest BCUT2D eigenvalue weighted by Crippen LogP contribution is 2.31. The smallest absolute Gasteiger partial charge is 0.224 e. The van der Waals surface area contributed by atoms with Crippen molar-refractivity contribution in [1.29, 1.82) is 0 Å². The van der Waals surface area contributed by atoms with Gasteiger partial charge in [0.25, 0.3) is 0 Å². The molecule has 2 aliphatic heterocycles. The average Bonchev–Trinajstić information content (AvgIpc) is 3.05. The van der Waals surface area contributed by atoms with Crippen molar-refractivity contribution in [3.05, 3.63) is 29.3 Å². The summed E-state index contributed by atoms with van der Waals surface area (Å²) >= 11 is 0. The average molecular weight is 360 g/mol. The van der Waals surface area contributed by atoms with Crippen molar-refractivity contribution in [2.24, 2.45) is 0 Å². The summed E-state index contributed by atoms with van der Waals surface area (Å²) in [6.07, 6.45) is 1.75. The Morgan fingerprint density at radius 2 is 1.69 bits per heavy atom. The van der Waals surface area contributed by atoms with Crippen LogP contribution in [0.5, 0.6) is 0 Å². The van der Waals surface area contributed by atoms with Crippen molar-refractivity contribution in [3.63, 3.8) is 0 Å². The number of piperidine rings is 1. The van der Waals surface area contributed by atoms with Crippen molar-refractivity contribution in [2.75, 3.05) is 37.7 Å². The zero-order valence-corrected chi connectivity index (χ0v) is 15.9. The molecule has 0 atom stereocenters. The number of para-hydroxylation sites is 1. The molecule has 1 spiro atoms. The van der Waals surface area contributed by atoms with Crippen LogP contribution >= 0.6 is 0 Å². The summed E-state index contributed by atoms with van der Waals surface area (Å²) in [7, 11) is 0. The van der Waals surface area contributed by atoms with Crippen LogP contribution in [0.25, 0.3) is 0 Å². The zero-order chi connectivity index (χ0) is 18.7. The van der Waals surface area contributed by atoms with Gasteiger partial charge < -0.3 is 19.3 Å². The van der Waals surface area contributed by atoms with Gasteiger partial charge in [0.2, 0.25) is 11.8 Å². The van der Waals surface area contributed by atoms with E-state index in [1.165, 1.54) is 0 Å². The summed E-state index contributed by atoms with van der Waals surface area (Å²) in [6.45, 7) is 8.49. The lowest BCUT2D eigenvalue weighted by atomic mass is 10.0. The number of hydrogen-bond acceptors (Lipinski definition) is 4. The fourth-order valence-corrected chi connectivity index (χ4v) is 3.91. The Hall–Kier alpha value is -1.92. The summed E-state index contributed by atoms with van der Waals surface area (Å²) in [5, 5.41) is 0. The van der Waals surface area contributed by atoms with E-state index in [1.54, 1.807) is 11.8 Å². The standard InChI is InChI=1S/C20H28N2O4/c1-15-5-4-6-16(2)19(15)22(17(3)23)10-7-18(24)21-11-8-20(9-12-21)25-13-14-26-20/h4-6H,7-14H2,1-3H3. The van der Waals surface area contributed by atoms with Crippen molar-refractivity contribution in [3.8, 4) is 0 Å². The number of nitrogens with zero attached hydrogens (tertiary/aromatic N) is 2. The van der Waals surface area contributed by atoms with Crippen LogP contribution in [-0.4, -0.2) is 55.3 Å². The molecule has 3 rings (SSSR count). The van der Waals surface area contributed by atoms with Gasteiger partial charge in [0.1, 0.15) is 0 Å². The monoisotopic (exact) mass is 360 g/mol. The van der Waals surface area contributed by atoms with Crippen LogP contribution in [-0.2, 0) is 19.1 Å². The molecule has 0 N–H and O–H groups in total. The molecule has 0 aliphatic carbocycles. The first kappa shape index (κ1) is 18.9. The van der Waals surface area contributed by atoms with Gasteiger partial charge in [-0.3, -0.25) is 9.59 Å². The molecule has 26 heavy (non-hydrogen) atoms. The quantitative estimate of drug-likeness (QED) is 0.827. The van der Waals surface area contributed by atoms with Crippen LogP contribution in [0.1, 0.15) is 37.3 Å². The maximum Gasteiger partial charge on any atom is 0.224 e. The van der Waals surface area contributed by atoms with Crippen LogP contribution in [0, 0.1) is 13.8 Å². The number of benzene rings is 1. The van der Waals surface area contributed by atoms with Gasteiger partial charge in [-0.15, -0.1) is 0 Å². The second kappa shape index (κ2) is 7.76. The summed E-state index contributed by atoms with van der Waals surface area (Å²) in [6, 6.07) is 5.96. The molecule has 0 radical (unpaired) electrons. The van der Waals surface area contributed by atoms with Gasteiger partial charge in [0, 0.05) is 51.5 Å². The van der Waals surface area contributed by atoms with E-state index >= 15 is 0 Å². The molecule has 6 nitrogen and oxygen atoms in total. The van der Waals surface area contributed by atoms with E-state index in [-0.39, 0.29) is 11.8 Å². The molecule has 2 amide bonds. The lowest BCUT2D eigenvalue weighted by molar-refractivity contribution is -0.187. The number of likely N-dealkylation sites (tertiary alicyclic amines) is 1. The maximum atomic E-state index is 12.6. The maximum absolute atomic E-state index is 12.6. The Kier molecular flexibility index (Phi) is 5.63. The fourth-order valence-electron chi connectivity index (χ4n) is 3.91. The molecule has 1 aromatic carbocycles. The highest BCUT2D eigenvalue weighted by molar-refractivity contribution is 5.94. The normalized spacial score (nSPS) is 19.0. The van der Waals surface area contributed by atoms with Gasteiger partial charge in [-0.05, 0) is 25.0 Å². The predicted molar refractivity (Wildman–Crippen MR) is 99.0 cm³/mol. The summed E-state index contributed by atoms with van der Waals surface area (Å²) < 4.78 is 11.4. The van der Waals surface area contributed by atoms with Gasteiger partial charge in [0.15, 0.2) is 5.79 Å². The van der Waals surface area contributed by atoms with Crippen LogP contribution in [0.4, 0.5) is 5.69 Å². The Morgan fingerprint density at radius 3 is 2.23 bits per heavy atom. The fraction of sp³-hybridized carbons (Fsp3) is 0.600. The third-order valence-electron chi connectivity index (χ3n) is 5.33. The molecule has 6 heteroatoms. The topological polar surface area (TPSA) is 59.1 Å². The van der Waals surface area contributed by atoms with E-state index in [0.29, 0.717) is 52.1 Å². The molecule has 2 saturated heterocycles. The molecule has 1 aromatic rings. The first-order valence-electron chi connectivity index (χ1n) is 9.32. The SMILES string of the molecule is CC(=O)N(CCC(=O)N1CCC2(CC1)OCCO2)c1c(C)cccc1C. The molecule has 0 aromatic heterocycles. The number of carbonyl (C=O) groups excluding carboxylic acids is 2. The largest absolute Gasteiger partial charge is 0.347 e. The second-order valence-corrected chi connectivity index (χ2v) is 7.15. The minimum Gasteiger partial charge on any atom is -0.347 e. The van der Waals surface area contributed by atoms with Crippen molar-refractivity contribution in [1.82, 2.24) is 4.90 Å². The Labute approximate surface area is 155 Å². The van der Waals surface area contributed by atoms with Crippen LogP contribution < -0.4 is 4.90 Å². The molecule has 0 unspecified atom stereocenters. The number of rotatable bonds is 4. The number of hydrogen-bond donors (Lipinski definition) is 0. The van der Waals surface area contributed by atoms with Crippen molar-refractivity contribution < 1.29 is 19.1 Å². The van der Waals surface area contributed by atoms with E-state index in [9.17, 15) is 9.59 Å². The Morgan fingerprint density at radius 1 is 1.12 bits per heavy atom. The molecule has 0 saturated carbocycles. The highest BCUT2D eigenvalue weighted by atomic mass is 16.7. The van der Waals surface area contributed by atoms with Gasteiger partial charge >= 0.3 is 0 Å². The van der Waals surface area contributed by atoms with E-state index in [1.807, 2.05) is 36.9 Å². The first-order chi connectivity index (χ1) is 12.4. The van der Waals surface area contributed by atoms with Crippen molar-refractivity contribution >= 4 is 17.5 Å². The van der Waals surface area contributed by atoms with Crippen LogP contribution in [0.15, 0.2) is 18.2 Å². The van der Waals surface area contributed by atoms with Gasteiger partial charge in [-0.2, -0.15) is 0 Å². The number of carbonyl (C=O) groups is 2. The molecule has 2 heterocycles. The zero-order valence-electron chi connectivity index (χ0n) is 15.9. The Bertz CT molecular complexity index is 652. The van der Waals surface area contributed by atoms with Gasteiger partial charge in [-0.1, -0.05) is 18.2 Å². The summed E-state index contributed by atoms with van der Waals surface area (Å²) in [5.74, 6) is -0.434. The molecule has 0 bridgehead atoms. The second-order valence-electron chi connectivity index (χ2n) is 7.15. The number of amides is 2. The summed E-state index contributed by atoms with van der Waals surface area (Å²) in [4.78, 5) is 28.4. The molecule has 142 valence electrons. The number of aryl methyl sites for hydroxylation is 2. The van der Waals surface area contributed by atoms with E-state index < -0.39 is 5.79 Å². The molecule has 2 fully saturated rings. The van der Waals surface area contributed by atoms with Gasteiger partial charge in [0.05, 0.1) is 13.2 Å². The first-order valence-corrected chi connectivity index (χ1v) is 9.32. The lowest BCUT2D eigenvalue weighted by Gasteiger charge is -2.37. The predicted octanol–water partition coefficient (Wildman–Crippen LogP) is 2.41. The lowest BCUT2D eigenvalue weighted by Crippen LogP contribution is -2.48. The van der Waals surface area contributed by atoms with E-state index in [4.69, 9.17) is 9.47 Å². The minimum atomic E-state index is -0.472. The van der Waals surface area contributed by atoms with E-state index in [0.717, 1.165) is 16.8 Å². The van der Waals surface area contributed by atoms with E-state index in [2.05, 4.69) is 0 Å². The molecular formula is C20H28N2O4.